The van der Waals surface area contributed by atoms with Crippen molar-refractivity contribution in [3.8, 4) is 11.8 Å². The Morgan fingerprint density at radius 2 is 1.86 bits per heavy atom. The number of ether oxygens (including phenoxy) is 1. The lowest BCUT2D eigenvalue weighted by Gasteiger charge is -2.13. The van der Waals surface area contributed by atoms with Gasteiger partial charge in [0.1, 0.15) is 18.2 Å². The van der Waals surface area contributed by atoms with Gasteiger partial charge in [0.25, 0.3) is 5.56 Å². The number of rotatable bonds is 6. The fraction of sp³-hybridized carbons (Fsp3) is 0.103. The molecule has 0 fully saturated rings. The quantitative estimate of drug-likeness (QED) is 0.241. The van der Waals surface area contributed by atoms with E-state index in [-0.39, 0.29) is 12.2 Å². The smallest absolute Gasteiger partial charge is 0.282 e. The second-order valence-corrected chi connectivity index (χ2v) is 9.08. The van der Waals surface area contributed by atoms with Crippen LogP contribution in [-0.4, -0.2) is 15.9 Å². The van der Waals surface area contributed by atoms with Gasteiger partial charge in [0.2, 0.25) is 0 Å². The van der Waals surface area contributed by atoms with Crippen LogP contribution in [0.4, 0.5) is 0 Å². The Hall–Kier alpha value is -4.28. The maximum absolute atomic E-state index is 13.3. The van der Waals surface area contributed by atoms with E-state index < -0.39 is 0 Å². The topological polar surface area (TPSA) is 80.3 Å². The predicted octanol–water partition coefficient (Wildman–Crippen LogP) is 6.21. The lowest BCUT2D eigenvalue weighted by atomic mass is 10.0. The lowest BCUT2D eigenvalue weighted by molar-refractivity contribution is 0.306. The molecule has 0 unspecified atom stereocenters. The minimum Gasteiger partial charge on any atom is -0.488 e. The molecular formula is C29H21BrN4O2. The number of hydrogen-bond donors (Lipinski definition) is 0. The second-order valence-electron chi connectivity index (χ2n) is 8.16. The van der Waals surface area contributed by atoms with Crippen molar-refractivity contribution < 1.29 is 4.74 Å². The number of nitriles is 1. The van der Waals surface area contributed by atoms with Crippen LogP contribution >= 0.6 is 15.9 Å². The summed E-state index contributed by atoms with van der Waals surface area (Å²) in [6.07, 6.45) is 2.20. The van der Waals surface area contributed by atoms with E-state index in [0.717, 1.165) is 26.4 Å². The molecule has 7 heteroatoms. The molecule has 0 aliphatic heterocycles. The molecule has 0 radical (unpaired) electrons. The number of hydrogen-bond acceptors (Lipinski definition) is 5. The summed E-state index contributed by atoms with van der Waals surface area (Å²) in [7, 11) is 0. The highest BCUT2D eigenvalue weighted by Crippen LogP contribution is 2.28. The molecule has 0 amide bonds. The van der Waals surface area contributed by atoms with Crippen LogP contribution in [0.1, 0.15) is 29.4 Å². The number of aromatic nitrogens is 2. The molecule has 0 saturated carbocycles. The average molecular weight is 537 g/mol. The van der Waals surface area contributed by atoms with E-state index in [0.29, 0.717) is 34.5 Å². The third kappa shape index (κ3) is 4.51. The molecule has 0 bridgehead atoms. The third-order valence-electron chi connectivity index (χ3n) is 5.95. The Kier molecular flexibility index (Phi) is 6.61. The summed E-state index contributed by atoms with van der Waals surface area (Å²) < 4.78 is 8.34. The first-order valence-electron chi connectivity index (χ1n) is 11.5. The second kappa shape index (κ2) is 10.1. The van der Waals surface area contributed by atoms with Gasteiger partial charge in [-0.05, 0) is 41.1 Å². The van der Waals surface area contributed by atoms with E-state index >= 15 is 0 Å². The van der Waals surface area contributed by atoms with Crippen LogP contribution in [0.25, 0.3) is 21.7 Å². The van der Waals surface area contributed by atoms with Crippen molar-refractivity contribution in [2.75, 3.05) is 0 Å². The summed E-state index contributed by atoms with van der Waals surface area (Å²) in [6.45, 7) is 2.17. The highest BCUT2D eigenvalue weighted by atomic mass is 79.9. The number of aryl methyl sites for hydroxylation is 1. The minimum absolute atomic E-state index is 0.231. The zero-order valence-corrected chi connectivity index (χ0v) is 21.1. The molecule has 6 nitrogen and oxygen atoms in total. The van der Waals surface area contributed by atoms with Gasteiger partial charge >= 0.3 is 0 Å². The van der Waals surface area contributed by atoms with Crippen molar-refractivity contribution in [2.24, 2.45) is 5.10 Å². The summed E-state index contributed by atoms with van der Waals surface area (Å²) >= 11 is 3.43. The van der Waals surface area contributed by atoms with Gasteiger partial charge in [-0.15, -0.1) is 0 Å². The summed E-state index contributed by atoms with van der Waals surface area (Å²) in [6, 6.07) is 26.8. The number of nitrogens with zero attached hydrogens (tertiary/aromatic N) is 4. The van der Waals surface area contributed by atoms with Crippen LogP contribution in [0.2, 0.25) is 0 Å². The summed E-state index contributed by atoms with van der Waals surface area (Å²) in [5, 5.41) is 16.5. The van der Waals surface area contributed by atoms with Crippen LogP contribution in [0.3, 0.4) is 0 Å². The van der Waals surface area contributed by atoms with Crippen LogP contribution in [0.5, 0.6) is 5.75 Å². The van der Waals surface area contributed by atoms with Gasteiger partial charge in [-0.1, -0.05) is 71.4 Å². The first-order chi connectivity index (χ1) is 17.6. The zero-order valence-electron chi connectivity index (χ0n) is 19.5. The third-order valence-corrected chi connectivity index (χ3v) is 6.44. The van der Waals surface area contributed by atoms with E-state index in [4.69, 9.17) is 4.74 Å². The Morgan fingerprint density at radius 3 is 2.69 bits per heavy atom. The van der Waals surface area contributed by atoms with Crippen molar-refractivity contribution in [3.05, 3.63) is 116 Å². The molecular weight excluding hydrogens is 516 g/mol. The van der Waals surface area contributed by atoms with Gasteiger partial charge in [0, 0.05) is 22.0 Å². The predicted molar refractivity (Wildman–Crippen MR) is 146 cm³/mol. The standard InChI is InChI=1S/C29H21BrN4O2/c1-2-28-33-26-13-12-22(30)15-24(26)29(35)34(28)32-17-25-23-10-6-5-7-19(23)11-14-27(25)36-18-21-9-4-3-8-20(21)16-31/h3-15,17H,2,18H2,1H3. The molecule has 0 atom stereocenters. The van der Waals surface area contributed by atoms with Crippen molar-refractivity contribution in [1.29, 1.82) is 5.26 Å². The van der Waals surface area contributed by atoms with Gasteiger partial charge in [-0.25, -0.2) is 4.98 Å². The molecule has 1 heterocycles. The summed E-state index contributed by atoms with van der Waals surface area (Å²) in [4.78, 5) is 18.0. The maximum Gasteiger partial charge on any atom is 0.282 e. The largest absolute Gasteiger partial charge is 0.488 e. The number of benzene rings is 4. The van der Waals surface area contributed by atoms with Crippen LogP contribution < -0.4 is 10.3 Å². The SMILES string of the molecule is CCc1nc2ccc(Br)cc2c(=O)n1N=Cc1c(OCc2ccccc2C#N)ccc2ccccc12. The highest BCUT2D eigenvalue weighted by Gasteiger charge is 2.12. The molecule has 0 saturated heterocycles. The van der Waals surface area contributed by atoms with Crippen molar-refractivity contribution in [1.82, 2.24) is 9.66 Å². The molecule has 4 aromatic carbocycles. The molecule has 5 aromatic rings. The molecule has 1 aromatic heterocycles. The number of halogens is 1. The first kappa shape index (κ1) is 23.5. The summed E-state index contributed by atoms with van der Waals surface area (Å²) in [5.41, 5.74) is 2.51. The fourth-order valence-corrected chi connectivity index (χ4v) is 4.46. The van der Waals surface area contributed by atoms with E-state index in [1.165, 1.54) is 4.68 Å². The van der Waals surface area contributed by atoms with Crippen molar-refractivity contribution in [2.45, 2.75) is 20.0 Å². The van der Waals surface area contributed by atoms with Gasteiger partial charge in [0.15, 0.2) is 0 Å². The fourth-order valence-electron chi connectivity index (χ4n) is 4.10. The molecule has 176 valence electrons. The van der Waals surface area contributed by atoms with Crippen LogP contribution in [0, 0.1) is 11.3 Å². The normalized spacial score (nSPS) is 11.2. The van der Waals surface area contributed by atoms with Crippen molar-refractivity contribution >= 4 is 43.8 Å². The van der Waals surface area contributed by atoms with Gasteiger partial charge in [-0.3, -0.25) is 4.79 Å². The monoisotopic (exact) mass is 536 g/mol. The minimum atomic E-state index is -0.236. The molecule has 5 rings (SSSR count). The Bertz CT molecular complexity index is 1730. The summed E-state index contributed by atoms with van der Waals surface area (Å²) in [5.74, 6) is 1.17. The van der Waals surface area contributed by atoms with E-state index in [9.17, 15) is 10.1 Å². The molecule has 0 spiro atoms. The maximum atomic E-state index is 13.3. The van der Waals surface area contributed by atoms with Gasteiger partial charge in [0.05, 0.1) is 28.8 Å². The van der Waals surface area contributed by atoms with Gasteiger partial charge in [-0.2, -0.15) is 15.0 Å². The van der Waals surface area contributed by atoms with Crippen molar-refractivity contribution in [3.63, 3.8) is 0 Å². The van der Waals surface area contributed by atoms with Gasteiger partial charge < -0.3 is 4.74 Å². The van der Waals surface area contributed by atoms with E-state index in [2.05, 4.69) is 32.1 Å². The van der Waals surface area contributed by atoms with Crippen LogP contribution in [-0.2, 0) is 13.0 Å². The molecule has 0 aliphatic rings. The Balaban J connectivity index is 1.61. The van der Waals surface area contributed by atoms with Crippen LogP contribution in [0.15, 0.2) is 93.2 Å². The van der Waals surface area contributed by atoms with E-state index in [1.807, 2.05) is 73.7 Å². The highest BCUT2D eigenvalue weighted by molar-refractivity contribution is 9.10. The average Bonchev–Trinajstić information content (AvgIpc) is 2.92. The zero-order chi connectivity index (χ0) is 25.1. The number of fused-ring (bicyclic) bond motifs is 2. The Morgan fingerprint density at radius 1 is 1.06 bits per heavy atom. The Labute approximate surface area is 216 Å². The molecule has 0 N–H and O–H groups in total. The molecule has 36 heavy (non-hydrogen) atoms. The first-order valence-corrected chi connectivity index (χ1v) is 12.3. The molecule has 0 aliphatic carbocycles. The lowest BCUT2D eigenvalue weighted by Crippen LogP contribution is -2.22. The van der Waals surface area contributed by atoms with E-state index in [1.54, 1.807) is 18.3 Å².